The molecule has 0 radical (unpaired) electrons. The van der Waals surface area contributed by atoms with Crippen molar-refractivity contribution in [2.45, 2.75) is 32.1 Å². The molecule has 2 aromatic carbocycles. The molecule has 0 unspecified atom stereocenters. The van der Waals surface area contributed by atoms with Gasteiger partial charge < -0.3 is 4.90 Å². The molecule has 3 aromatic rings. The topological polar surface area (TPSA) is 49.3 Å². The number of amides is 1. The first-order valence-electron chi connectivity index (χ1n) is 9.65. The second kappa shape index (κ2) is 6.84. The van der Waals surface area contributed by atoms with Crippen molar-refractivity contribution in [2.24, 2.45) is 0 Å². The summed E-state index contributed by atoms with van der Waals surface area (Å²) in [5.74, 6) is 0.897. The van der Waals surface area contributed by atoms with Crippen LogP contribution in [0.2, 0.25) is 0 Å². The molecule has 5 rings (SSSR count). The number of rotatable bonds is 2. The molecule has 2 aliphatic rings. The molecule has 0 spiro atoms. The normalized spacial score (nSPS) is 18.6. The van der Waals surface area contributed by atoms with Crippen LogP contribution in [0, 0.1) is 0 Å². The predicted molar refractivity (Wildman–Crippen MR) is 107 cm³/mol. The zero-order valence-electron chi connectivity index (χ0n) is 15.9. The summed E-state index contributed by atoms with van der Waals surface area (Å²) < 4.78 is 0. The Bertz CT molecular complexity index is 1030. The number of hydrogen-bond donors (Lipinski definition) is 0. The zero-order chi connectivity index (χ0) is 19.1. The minimum absolute atomic E-state index is 0.120. The maximum atomic E-state index is 13.3. The number of carbonyl (C=O) groups is 1. The smallest absolute Gasteiger partial charge is 0.240 e. The van der Waals surface area contributed by atoms with E-state index in [0.29, 0.717) is 13.1 Å². The minimum Gasteiger partial charge on any atom is -0.331 e. The fraction of sp³-hybridized carbons (Fsp3) is 0.261. The molecule has 1 amide bonds. The quantitative estimate of drug-likeness (QED) is 0.696. The number of aromatic nitrogens is 2. The molecule has 0 aliphatic carbocycles. The van der Waals surface area contributed by atoms with E-state index in [1.807, 2.05) is 48.5 Å². The van der Waals surface area contributed by atoms with Crippen molar-refractivity contribution in [3.05, 3.63) is 83.2 Å². The number of fused-ring (bicyclic) bond motifs is 2. The van der Waals surface area contributed by atoms with E-state index in [4.69, 9.17) is 4.98 Å². The Balaban J connectivity index is 1.36. The van der Waals surface area contributed by atoms with Gasteiger partial charge in [0.25, 0.3) is 0 Å². The van der Waals surface area contributed by atoms with Crippen molar-refractivity contribution in [1.29, 1.82) is 0 Å². The van der Waals surface area contributed by atoms with Gasteiger partial charge in [0.2, 0.25) is 5.91 Å². The summed E-state index contributed by atoms with van der Waals surface area (Å²) in [5.41, 5.74) is 5.60. The number of likely N-dealkylation sites (N-methyl/N-ethyl adjacent to an activating group) is 1. The molecule has 3 heterocycles. The third-order valence-electron chi connectivity index (χ3n) is 5.77. The van der Waals surface area contributed by atoms with E-state index in [-0.39, 0.29) is 11.9 Å². The first-order valence-corrected chi connectivity index (χ1v) is 9.65. The summed E-state index contributed by atoms with van der Waals surface area (Å²) in [6.45, 7) is 1.96. The Kier molecular flexibility index (Phi) is 4.17. The summed E-state index contributed by atoms with van der Waals surface area (Å²) in [7, 11) is 2.04. The third-order valence-corrected chi connectivity index (χ3v) is 5.77. The van der Waals surface area contributed by atoms with Crippen LogP contribution in [-0.4, -0.2) is 38.8 Å². The van der Waals surface area contributed by atoms with Crippen LogP contribution in [0.15, 0.2) is 60.8 Å². The van der Waals surface area contributed by atoms with Crippen molar-refractivity contribution in [3.63, 3.8) is 0 Å². The molecule has 28 heavy (non-hydrogen) atoms. The third kappa shape index (κ3) is 2.98. The Morgan fingerprint density at radius 2 is 1.68 bits per heavy atom. The van der Waals surface area contributed by atoms with Crippen LogP contribution in [0.4, 0.5) is 0 Å². The highest BCUT2D eigenvalue weighted by Gasteiger charge is 2.35. The van der Waals surface area contributed by atoms with Crippen LogP contribution in [0.3, 0.4) is 0 Å². The maximum Gasteiger partial charge on any atom is 0.240 e. The van der Waals surface area contributed by atoms with Crippen LogP contribution in [0.25, 0.3) is 11.4 Å². The maximum absolute atomic E-state index is 13.3. The van der Waals surface area contributed by atoms with Gasteiger partial charge in [0.05, 0.1) is 18.3 Å². The Morgan fingerprint density at radius 3 is 2.50 bits per heavy atom. The Morgan fingerprint density at radius 1 is 0.929 bits per heavy atom. The lowest BCUT2D eigenvalue weighted by Crippen LogP contribution is -2.48. The molecule has 0 fully saturated rings. The van der Waals surface area contributed by atoms with Crippen LogP contribution < -0.4 is 0 Å². The lowest BCUT2D eigenvalue weighted by Gasteiger charge is -2.35. The van der Waals surface area contributed by atoms with Gasteiger partial charge >= 0.3 is 0 Å². The molecular formula is C23H22N4O. The molecule has 0 N–H and O–H groups in total. The van der Waals surface area contributed by atoms with Crippen molar-refractivity contribution in [2.75, 3.05) is 7.05 Å². The first-order chi connectivity index (χ1) is 13.7. The van der Waals surface area contributed by atoms with E-state index in [1.54, 1.807) is 0 Å². The average Bonchev–Trinajstić information content (AvgIpc) is 3.17. The van der Waals surface area contributed by atoms with Gasteiger partial charge in [0.15, 0.2) is 5.82 Å². The number of nitrogens with zero attached hydrogens (tertiary/aromatic N) is 4. The molecule has 5 heteroatoms. The highest BCUT2D eigenvalue weighted by atomic mass is 16.2. The first kappa shape index (κ1) is 17.1. The van der Waals surface area contributed by atoms with Gasteiger partial charge in [-0.2, -0.15) is 0 Å². The van der Waals surface area contributed by atoms with Crippen molar-refractivity contribution in [1.82, 2.24) is 19.8 Å². The lowest BCUT2D eigenvalue weighted by atomic mass is 9.94. The molecule has 0 saturated carbocycles. The highest BCUT2D eigenvalue weighted by Crippen LogP contribution is 2.28. The summed E-state index contributed by atoms with van der Waals surface area (Å²) in [5, 5.41) is 0. The van der Waals surface area contributed by atoms with Crippen LogP contribution in [-0.2, 0) is 30.8 Å². The van der Waals surface area contributed by atoms with Crippen molar-refractivity contribution in [3.8, 4) is 11.4 Å². The van der Waals surface area contributed by atoms with Gasteiger partial charge in [-0.1, -0.05) is 54.6 Å². The van der Waals surface area contributed by atoms with Gasteiger partial charge in [-0.15, -0.1) is 0 Å². The molecular weight excluding hydrogens is 348 g/mol. The van der Waals surface area contributed by atoms with E-state index in [9.17, 15) is 4.79 Å². The van der Waals surface area contributed by atoms with Gasteiger partial charge in [-0.3, -0.25) is 9.69 Å². The fourth-order valence-electron chi connectivity index (χ4n) is 4.18. The standard InChI is InChI=1S/C23H22N4O/c1-26-13-18-10-6-5-9-17(18)11-21(26)23(28)27-14-19-12-24-22(25-20(19)15-27)16-7-3-2-4-8-16/h2-10,12,21H,11,13-15H2,1H3/t21-/m1/s1. The van der Waals surface area contributed by atoms with Crippen molar-refractivity contribution >= 4 is 5.91 Å². The average molecular weight is 370 g/mol. The molecule has 0 saturated heterocycles. The van der Waals surface area contributed by atoms with E-state index in [2.05, 4.69) is 34.1 Å². The van der Waals surface area contributed by atoms with Gasteiger partial charge in [0.1, 0.15) is 0 Å². The molecule has 140 valence electrons. The van der Waals surface area contributed by atoms with Crippen molar-refractivity contribution < 1.29 is 4.79 Å². The minimum atomic E-state index is -0.120. The molecule has 2 aliphatic heterocycles. The Hall–Kier alpha value is -3.05. The van der Waals surface area contributed by atoms with Gasteiger partial charge in [-0.25, -0.2) is 9.97 Å². The predicted octanol–water partition coefficient (Wildman–Crippen LogP) is 3.04. The number of benzene rings is 2. The number of hydrogen-bond acceptors (Lipinski definition) is 4. The zero-order valence-corrected chi connectivity index (χ0v) is 15.9. The second-order valence-electron chi connectivity index (χ2n) is 7.63. The lowest BCUT2D eigenvalue weighted by molar-refractivity contribution is -0.137. The van der Waals surface area contributed by atoms with Gasteiger partial charge in [0, 0.05) is 30.4 Å². The molecule has 5 nitrogen and oxygen atoms in total. The van der Waals surface area contributed by atoms with Crippen LogP contribution >= 0.6 is 0 Å². The molecule has 0 bridgehead atoms. The van der Waals surface area contributed by atoms with Crippen LogP contribution in [0.1, 0.15) is 22.4 Å². The van der Waals surface area contributed by atoms with Crippen LogP contribution in [0.5, 0.6) is 0 Å². The van der Waals surface area contributed by atoms with E-state index in [1.165, 1.54) is 11.1 Å². The molecule has 1 aromatic heterocycles. The second-order valence-corrected chi connectivity index (χ2v) is 7.63. The number of carbonyl (C=O) groups excluding carboxylic acids is 1. The van der Waals surface area contributed by atoms with Gasteiger partial charge in [-0.05, 0) is 24.6 Å². The molecule has 1 atom stereocenters. The summed E-state index contributed by atoms with van der Waals surface area (Å²) in [4.78, 5) is 26.6. The fourth-order valence-corrected chi connectivity index (χ4v) is 4.18. The highest BCUT2D eigenvalue weighted by molar-refractivity contribution is 5.83. The largest absolute Gasteiger partial charge is 0.331 e. The monoisotopic (exact) mass is 370 g/mol. The van der Waals surface area contributed by atoms with E-state index >= 15 is 0 Å². The summed E-state index contributed by atoms with van der Waals surface area (Å²) in [6, 6.07) is 18.3. The van der Waals surface area contributed by atoms with E-state index in [0.717, 1.165) is 35.6 Å². The van der Waals surface area contributed by atoms with E-state index < -0.39 is 0 Å². The summed E-state index contributed by atoms with van der Waals surface area (Å²) >= 11 is 0. The summed E-state index contributed by atoms with van der Waals surface area (Å²) in [6.07, 6.45) is 2.64. The SMILES string of the molecule is CN1Cc2ccccc2C[C@@H]1C(=O)N1Cc2cnc(-c3ccccc3)nc2C1. The Labute approximate surface area is 164 Å².